The Kier molecular flexibility index (Phi) is 6.83. The lowest BCUT2D eigenvalue weighted by Gasteiger charge is -2.34. The average Bonchev–Trinajstić information content (AvgIpc) is 2.09. The topological polar surface area (TPSA) is 35.2 Å². The van der Waals surface area contributed by atoms with Crippen LogP contribution in [0.25, 0.3) is 0 Å². The summed E-state index contributed by atoms with van der Waals surface area (Å²) in [7, 11) is 1.74. The zero-order valence-electron chi connectivity index (χ0n) is 10.2. The molecular weight excluding hydrogens is 194 g/mol. The van der Waals surface area contributed by atoms with Crippen molar-refractivity contribution >= 4 is 11.8 Å². The third kappa shape index (κ3) is 5.23. The second-order valence-corrected chi connectivity index (χ2v) is 5.97. The summed E-state index contributed by atoms with van der Waals surface area (Å²) in [6.07, 6.45) is 1.04. The van der Waals surface area contributed by atoms with E-state index < -0.39 is 0 Å². The normalized spacial score (nSPS) is 16.7. The fourth-order valence-electron chi connectivity index (χ4n) is 1.49. The van der Waals surface area contributed by atoms with E-state index in [0.717, 1.165) is 18.8 Å². The van der Waals surface area contributed by atoms with E-state index in [9.17, 15) is 0 Å². The van der Waals surface area contributed by atoms with E-state index in [2.05, 4.69) is 27.7 Å². The van der Waals surface area contributed by atoms with Gasteiger partial charge in [-0.05, 0) is 11.8 Å². The summed E-state index contributed by atoms with van der Waals surface area (Å²) in [4.78, 5) is 0. The fraction of sp³-hybridized carbons (Fsp3) is 1.00. The van der Waals surface area contributed by atoms with E-state index in [4.69, 9.17) is 10.5 Å². The molecule has 0 saturated heterocycles. The predicted octanol–water partition coefficient (Wildman–Crippen LogP) is 2.52. The van der Waals surface area contributed by atoms with Gasteiger partial charge in [0.05, 0.1) is 6.61 Å². The largest absolute Gasteiger partial charge is 0.384 e. The molecule has 2 N–H and O–H groups in total. The van der Waals surface area contributed by atoms with Crippen LogP contribution in [0.1, 0.15) is 34.1 Å². The molecule has 0 aliphatic rings. The van der Waals surface area contributed by atoms with Gasteiger partial charge in [-0.2, -0.15) is 11.8 Å². The van der Waals surface area contributed by atoms with Crippen molar-refractivity contribution in [1.82, 2.24) is 0 Å². The van der Waals surface area contributed by atoms with Gasteiger partial charge in [0.15, 0.2) is 0 Å². The lowest BCUT2D eigenvalue weighted by molar-refractivity contribution is 0.218. The summed E-state index contributed by atoms with van der Waals surface area (Å²) >= 11 is 1.94. The highest BCUT2D eigenvalue weighted by molar-refractivity contribution is 8.00. The number of ether oxygens (including phenoxy) is 1. The molecule has 0 aromatic rings. The smallest absolute Gasteiger partial charge is 0.0553 e. The van der Waals surface area contributed by atoms with E-state index in [1.807, 2.05) is 11.8 Å². The Bertz CT molecular complexity index is 145. The van der Waals surface area contributed by atoms with Gasteiger partial charge in [0.1, 0.15) is 0 Å². The minimum atomic E-state index is 0.272. The summed E-state index contributed by atoms with van der Waals surface area (Å²) in [6.45, 7) is 9.74. The summed E-state index contributed by atoms with van der Waals surface area (Å²) in [6, 6.07) is 0.289. The Morgan fingerprint density at radius 2 is 1.93 bits per heavy atom. The van der Waals surface area contributed by atoms with E-state index in [0.29, 0.717) is 5.25 Å². The molecule has 14 heavy (non-hydrogen) atoms. The number of hydrogen-bond acceptors (Lipinski definition) is 3. The number of hydrogen-bond donors (Lipinski definition) is 1. The summed E-state index contributed by atoms with van der Waals surface area (Å²) in [5, 5.41) is 0.516. The van der Waals surface area contributed by atoms with Gasteiger partial charge >= 0.3 is 0 Å². The first-order valence-corrected chi connectivity index (χ1v) is 6.34. The number of nitrogens with two attached hydrogens (primary N) is 1. The maximum Gasteiger partial charge on any atom is 0.0553 e. The Balaban J connectivity index is 4.12. The van der Waals surface area contributed by atoms with Crippen molar-refractivity contribution in [3.8, 4) is 0 Å². The molecule has 0 spiro atoms. The van der Waals surface area contributed by atoms with Crippen LogP contribution < -0.4 is 5.73 Å². The van der Waals surface area contributed by atoms with Crippen molar-refractivity contribution in [2.75, 3.05) is 19.5 Å². The highest BCUT2D eigenvalue weighted by Crippen LogP contribution is 2.33. The molecule has 0 aliphatic carbocycles. The van der Waals surface area contributed by atoms with Gasteiger partial charge < -0.3 is 10.5 Å². The second kappa shape index (κ2) is 6.70. The summed E-state index contributed by atoms with van der Waals surface area (Å²) in [5.74, 6) is 1.03. The molecule has 0 heterocycles. The standard InChI is InChI=1S/C11H25NOS/c1-6-9(12)10(11(2,3)4)14-8-7-13-5/h9-10H,6-8,12H2,1-5H3. The van der Waals surface area contributed by atoms with Crippen LogP contribution in [-0.4, -0.2) is 30.8 Å². The molecule has 2 nitrogen and oxygen atoms in total. The molecule has 0 radical (unpaired) electrons. The van der Waals surface area contributed by atoms with Crippen molar-refractivity contribution in [2.24, 2.45) is 11.1 Å². The fourth-order valence-corrected chi connectivity index (χ4v) is 2.94. The Morgan fingerprint density at radius 3 is 2.29 bits per heavy atom. The van der Waals surface area contributed by atoms with Gasteiger partial charge in [0.2, 0.25) is 0 Å². The summed E-state index contributed by atoms with van der Waals surface area (Å²) < 4.78 is 5.06. The quantitative estimate of drug-likeness (QED) is 0.697. The van der Waals surface area contributed by atoms with Crippen molar-refractivity contribution in [3.05, 3.63) is 0 Å². The molecule has 0 rings (SSSR count). The van der Waals surface area contributed by atoms with E-state index in [1.165, 1.54) is 0 Å². The Hall–Kier alpha value is 0.270. The van der Waals surface area contributed by atoms with Crippen LogP contribution in [0.15, 0.2) is 0 Å². The van der Waals surface area contributed by atoms with Crippen molar-refractivity contribution in [1.29, 1.82) is 0 Å². The molecule has 0 saturated carbocycles. The van der Waals surface area contributed by atoms with Gasteiger partial charge in [0, 0.05) is 24.2 Å². The minimum Gasteiger partial charge on any atom is -0.384 e. The minimum absolute atomic E-state index is 0.272. The zero-order valence-corrected chi connectivity index (χ0v) is 11.0. The number of thioether (sulfide) groups is 1. The molecular formula is C11H25NOS. The zero-order chi connectivity index (χ0) is 11.2. The highest BCUT2D eigenvalue weighted by Gasteiger charge is 2.29. The number of methoxy groups -OCH3 is 1. The van der Waals surface area contributed by atoms with Gasteiger partial charge in [-0.15, -0.1) is 0 Å². The van der Waals surface area contributed by atoms with Gasteiger partial charge in [0.25, 0.3) is 0 Å². The van der Waals surface area contributed by atoms with Gasteiger partial charge in [-0.3, -0.25) is 0 Å². The van der Waals surface area contributed by atoms with Crippen LogP contribution in [0.5, 0.6) is 0 Å². The molecule has 3 heteroatoms. The van der Waals surface area contributed by atoms with Crippen LogP contribution in [0.4, 0.5) is 0 Å². The van der Waals surface area contributed by atoms with Crippen molar-refractivity contribution in [3.63, 3.8) is 0 Å². The first kappa shape index (κ1) is 14.3. The molecule has 0 amide bonds. The van der Waals surface area contributed by atoms with Crippen LogP contribution in [0.2, 0.25) is 0 Å². The third-order valence-corrected chi connectivity index (χ3v) is 4.12. The SMILES string of the molecule is CCC(N)C(SCCOC)C(C)(C)C. The number of rotatable bonds is 6. The Morgan fingerprint density at radius 1 is 1.36 bits per heavy atom. The first-order valence-electron chi connectivity index (χ1n) is 5.29. The van der Waals surface area contributed by atoms with Crippen LogP contribution in [0.3, 0.4) is 0 Å². The second-order valence-electron chi connectivity index (χ2n) is 4.72. The molecule has 0 aromatic carbocycles. The van der Waals surface area contributed by atoms with Crippen LogP contribution >= 0.6 is 11.8 Å². The van der Waals surface area contributed by atoms with E-state index in [-0.39, 0.29) is 11.5 Å². The summed E-state index contributed by atoms with van der Waals surface area (Å²) in [5.41, 5.74) is 6.40. The lowest BCUT2D eigenvalue weighted by Crippen LogP contribution is -2.41. The molecule has 2 unspecified atom stereocenters. The maximum absolute atomic E-state index is 6.12. The van der Waals surface area contributed by atoms with Crippen LogP contribution in [-0.2, 0) is 4.74 Å². The molecule has 0 fully saturated rings. The molecule has 86 valence electrons. The molecule has 0 bridgehead atoms. The highest BCUT2D eigenvalue weighted by atomic mass is 32.2. The predicted molar refractivity (Wildman–Crippen MR) is 65.8 cm³/mol. The average molecular weight is 219 g/mol. The monoisotopic (exact) mass is 219 g/mol. The van der Waals surface area contributed by atoms with E-state index >= 15 is 0 Å². The third-order valence-electron chi connectivity index (χ3n) is 2.30. The lowest BCUT2D eigenvalue weighted by atomic mass is 9.87. The molecule has 0 aliphatic heterocycles. The molecule has 0 aromatic heterocycles. The Labute approximate surface area is 93.0 Å². The van der Waals surface area contributed by atoms with Gasteiger partial charge in [-0.25, -0.2) is 0 Å². The van der Waals surface area contributed by atoms with E-state index in [1.54, 1.807) is 7.11 Å². The van der Waals surface area contributed by atoms with Gasteiger partial charge in [-0.1, -0.05) is 27.7 Å². The maximum atomic E-state index is 6.12. The van der Waals surface area contributed by atoms with Crippen molar-refractivity contribution < 1.29 is 4.74 Å². The molecule has 2 atom stereocenters. The van der Waals surface area contributed by atoms with Crippen LogP contribution in [0, 0.1) is 5.41 Å². The van der Waals surface area contributed by atoms with Crippen molar-refractivity contribution in [2.45, 2.75) is 45.4 Å². The first-order chi connectivity index (χ1) is 6.43.